The van der Waals surface area contributed by atoms with E-state index in [1.54, 1.807) is 12.4 Å². The summed E-state index contributed by atoms with van der Waals surface area (Å²) in [5.41, 5.74) is 3.09. The summed E-state index contributed by atoms with van der Waals surface area (Å²) >= 11 is 1.25. The lowest BCUT2D eigenvalue weighted by Crippen LogP contribution is -2.28. The van der Waals surface area contributed by atoms with Gasteiger partial charge in [-0.25, -0.2) is 9.78 Å². The van der Waals surface area contributed by atoms with Crippen LogP contribution in [-0.2, 0) is 9.53 Å². The molecule has 1 amide bonds. The first kappa shape index (κ1) is 15.2. The molecule has 21 heavy (non-hydrogen) atoms. The Kier molecular flexibility index (Phi) is 5.05. The Morgan fingerprint density at radius 2 is 2.05 bits per heavy atom. The van der Waals surface area contributed by atoms with E-state index in [0.29, 0.717) is 10.6 Å². The zero-order valence-corrected chi connectivity index (χ0v) is 12.6. The van der Waals surface area contributed by atoms with Gasteiger partial charge in [-0.2, -0.15) is 0 Å². The molecule has 0 aliphatic carbocycles. The summed E-state index contributed by atoms with van der Waals surface area (Å²) in [4.78, 5) is 27.8. The van der Waals surface area contributed by atoms with Crippen LogP contribution in [0.15, 0.2) is 35.8 Å². The molecule has 1 heterocycles. The van der Waals surface area contributed by atoms with Crippen molar-refractivity contribution in [2.45, 2.75) is 20.0 Å². The van der Waals surface area contributed by atoms with Crippen molar-refractivity contribution in [1.29, 1.82) is 0 Å². The van der Waals surface area contributed by atoms with E-state index in [1.165, 1.54) is 18.3 Å². The SMILES string of the molecule is CC(=O)NCC(OC(=O)c1scnc1C)c1ccccc1. The first-order valence-corrected chi connectivity index (χ1v) is 7.36. The lowest BCUT2D eigenvalue weighted by atomic mass is 10.1. The van der Waals surface area contributed by atoms with Crippen molar-refractivity contribution < 1.29 is 14.3 Å². The second-order valence-electron chi connectivity index (χ2n) is 4.51. The molecular formula is C15H16N2O3S. The third-order valence-electron chi connectivity index (χ3n) is 2.89. The molecular weight excluding hydrogens is 288 g/mol. The maximum atomic E-state index is 12.2. The van der Waals surface area contributed by atoms with E-state index in [9.17, 15) is 9.59 Å². The minimum absolute atomic E-state index is 0.166. The summed E-state index contributed by atoms with van der Waals surface area (Å²) in [5.74, 6) is -0.588. The number of aromatic nitrogens is 1. The Morgan fingerprint density at radius 1 is 1.33 bits per heavy atom. The molecule has 0 aliphatic heterocycles. The topological polar surface area (TPSA) is 68.3 Å². The third kappa shape index (κ3) is 4.13. The van der Waals surface area contributed by atoms with Crippen LogP contribution in [-0.4, -0.2) is 23.4 Å². The minimum Gasteiger partial charge on any atom is -0.451 e. The number of carbonyl (C=O) groups is 2. The van der Waals surface area contributed by atoms with E-state index >= 15 is 0 Å². The van der Waals surface area contributed by atoms with E-state index in [-0.39, 0.29) is 12.5 Å². The molecule has 2 aromatic rings. The highest BCUT2D eigenvalue weighted by atomic mass is 32.1. The number of thiazole rings is 1. The van der Waals surface area contributed by atoms with Gasteiger partial charge in [0.25, 0.3) is 0 Å². The number of nitrogens with zero attached hydrogens (tertiary/aromatic N) is 1. The van der Waals surface area contributed by atoms with Crippen molar-refractivity contribution in [3.8, 4) is 0 Å². The van der Waals surface area contributed by atoms with Crippen molar-refractivity contribution in [2.24, 2.45) is 0 Å². The lowest BCUT2D eigenvalue weighted by molar-refractivity contribution is -0.119. The van der Waals surface area contributed by atoms with Crippen LogP contribution in [0.5, 0.6) is 0 Å². The number of amides is 1. The van der Waals surface area contributed by atoms with Crippen molar-refractivity contribution in [3.05, 3.63) is 52.0 Å². The van der Waals surface area contributed by atoms with Gasteiger partial charge in [-0.15, -0.1) is 11.3 Å². The van der Waals surface area contributed by atoms with Gasteiger partial charge in [-0.3, -0.25) is 4.79 Å². The summed E-state index contributed by atoms with van der Waals surface area (Å²) in [6, 6.07) is 9.33. The molecule has 6 heteroatoms. The number of hydrogen-bond donors (Lipinski definition) is 1. The van der Waals surface area contributed by atoms with Crippen LogP contribution in [0.4, 0.5) is 0 Å². The summed E-state index contributed by atoms with van der Waals surface area (Å²) in [6.45, 7) is 3.43. The molecule has 0 fully saturated rings. The number of esters is 1. The van der Waals surface area contributed by atoms with Gasteiger partial charge >= 0.3 is 5.97 Å². The number of ether oxygens (including phenoxy) is 1. The monoisotopic (exact) mass is 304 g/mol. The van der Waals surface area contributed by atoms with Crippen LogP contribution in [0.25, 0.3) is 0 Å². The molecule has 1 atom stereocenters. The van der Waals surface area contributed by atoms with Crippen LogP contribution >= 0.6 is 11.3 Å². The average Bonchev–Trinajstić information content (AvgIpc) is 2.90. The maximum Gasteiger partial charge on any atom is 0.350 e. The Bertz CT molecular complexity index is 625. The van der Waals surface area contributed by atoms with Crippen LogP contribution in [0.2, 0.25) is 0 Å². The number of aryl methyl sites for hydroxylation is 1. The Hall–Kier alpha value is -2.21. The molecule has 5 nitrogen and oxygen atoms in total. The van der Waals surface area contributed by atoms with Gasteiger partial charge < -0.3 is 10.1 Å². The molecule has 1 aromatic heterocycles. The molecule has 0 aliphatic rings. The first-order chi connectivity index (χ1) is 10.1. The second-order valence-corrected chi connectivity index (χ2v) is 5.36. The van der Waals surface area contributed by atoms with E-state index < -0.39 is 12.1 Å². The molecule has 110 valence electrons. The van der Waals surface area contributed by atoms with Gasteiger partial charge in [0.2, 0.25) is 5.91 Å². The Labute approximate surface area is 127 Å². The molecule has 1 unspecified atom stereocenters. The predicted molar refractivity (Wildman–Crippen MR) is 80.1 cm³/mol. The van der Waals surface area contributed by atoms with Crippen molar-refractivity contribution in [1.82, 2.24) is 10.3 Å². The van der Waals surface area contributed by atoms with Gasteiger partial charge in [0.15, 0.2) is 0 Å². The first-order valence-electron chi connectivity index (χ1n) is 6.48. The maximum absolute atomic E-state index is 12.2. The summed E-state index contributed by atoms with van der Waals surface area (Å²) in [5, 5.41) is 2.68. The lowest BCUT2D eigenvalue weighted by Gasteiger charge is -2.18. The van der Waals surface area contributed by atoms with Crippen LogP contribution in [0.1, 0.15) is 34.0 Å². The van der Waals surface area contributed by atoms with E-state index in [4.69, 9.17) is 4.74 Å². The predicted octanol–water partition coefficient (Wildman–Crippen LogP) is 2.49. The third-order valence-corrected chi connectivity index (χ3v) is 3.80. The van der Waals surface area contributed by atoms with Crippen molar-refractivity contribution in [3.63, 3.8) is 0 Å². The van der Waals surface area contributed by atoms with Gasteiger partial charge in [-0.05, 0) is 12.5 Å². The minimum atomic E-state index is -0.524. The number of hydrogen-bond acceptors (Lipinski definition) is 5. The highest BCUT2D eigenvalue weighted by Crippen LogP contribution is 2.21. The van der Waals surface area contributed by atoms with Crippen molar-refractivity contribution in [2.75, 3.05) is 6.54 Å². The van der Waals surface area contributed by atoms with Gasteiger partial charge in [-0.1, -0.05) is 30.3 Å². The van der Waals surface area contributed by atoms with E-state index in [0.717, 1.165) is 5.56 Å². The molecule has 0 saturated carbocycles. The number of rotatable bonds is 5. The number of nitrogens with one attached hydrogen (secondary N) is 1. The number of benzene rings is 1. The second kappa shape index (κ2) is 6.99. The van der Waals surface area contributed by atoms with E-state index in [1.807, 2.05) is 30.3 Å². The molecule has 1 N–H and O–H groups in total. The van der Waals surface area contributed by atoms with Crippen LogP contribution in [0, 0.1) is 6.92 Å². The highest BCUT2D eigenvalue weighted by Gasteiger charge is 2.20. The zero-order valence-electron chi connectivity index (χ0n) is 11.8. The summed E-state index contributed by atoms with van der Waals surface area (Å²) in [7, 11) is 0. The van der Waals surface area contributed by atoms with E-state index in [2.05, 4.69) is 10.3 Å². The molecule has 0 spiro atoms. The Balaban J connectivity index is 2.14. The fourth-order valence-electron chi connectivity index (χ4n) is 1.81. The molecule has 0 radical (unpaired) electrons. The molecule has 0 saturated heterocycles. The fraction of sp³-hybridized carbons (Fsp3) is 0.267. The molecule has 0 bridgehead atoms. The highest BCUT2D eigenvalue weighted by molar-refractivity contribution is 7.11. The van der Waals surface area contributed by atoms with Gasteiger partial charge in [0.1, 0.15) is 11.0 Å². The van der Waals surface area contributed by atoms with Gasteiger partial charge in [0, 0.05) is 6.92 Å². The average molecular weight is 304 g/mol. The molecule has 1 aromatic carbocycles. The summed E-state index contributed by atoms with van der Waals surface area (Å²) < 4.78 is 5.53. The smallest absolute Gasteiger partial charge is 0.350 e. The van der Waals surface area contributed by atoms with Gasteiger partial charge in [0.05, 0.1) is 17.7 Å². The normalized spacial score (nSPS) is 11.7. The summed E-state index contributed by atoms with van der Waals surface area (Å²) in [6.07, 6.45) is -0.524. The fourth-order valence-corrected chi connectivity index (χ4v) is 2.50. The molecule has 2 rings (SSSR count). The Morgan fingerprint density at radius 3 is 2.62 bits per heavy atom. The van der Waals surface area contributed by atoms with Crippen LogP contribution in [0.3, 0.4) is 0 Å². The standard InChI is InChI=1S/C15H16N2O3S/c1-10-14(21-9-17-10)15(19)20-13(8-16-11(2)18)12-6-4-3-5-7-12/h3-7,9,13H,8H2,1-2H3,(H,16,18). The quantitative estimate of drug-likeness (QED) is 0.862. The number of carbonyl (C=O) groups excluding carboxylic acids is 2. The van der Waals surface area contributed by atoms with Crippen LogP contribution < -0.4 is 5.32 Å². The largest absolute Gasteiger partial charge is 0.451 e. The zero-order chi connectivity index (χ0) is 15.2. The van der Waals surface area contributed by atoms with Crippen molar-refractivity contribution >= 4 is 23.2 Å².